The fraction of sp³-hybridized carbons (Fsp3) is 0.263. The second-order valence-corrected chi connectivity index (χ2v) is 7.21. The Bertz CT molecular complexity index is 1060. The maximum Gasteiger partial charge on any atom is 0.334 e. The van der Waals surface area contributed by atoms with Gasteiger partial charge in [0, 0.05) is 25.3 Å². The van der Waals surface area contributed by atoms with Gasteiger partial charge in [0.2, 0.25) is 0 Å². The van der Waals surface area contributed by atoms with Crippen molar-refractivity contribution >= 4 is 46.0 Å². The van der Waals surface area contributed by atoms with Gasteiger partial charge in [-0.1, -0.05) is 35.3 Å². The molecule has 0 saturated carbocycles. The number of aromatic nitrogens is 2. The third kappa shape index (κ3) is 4.98. The van der Waals surface area contributed by atoms with E-state index in [0.29, 0.717) is 36.4 Å². The molecule has 0 fully saturated rings. The van der Waals surface area contributed by atoms with Gasteiger partial charge in [-0.15, -0.1) is 0 Å². The molecule has 0 bridgehead atoms. The highest BCUT2D eigenvalue weighted by molar-refractivity contribution is 6.42. The summed E-state index contributed by atoms with van der Waals surface area (Å²) in [4.78, 5) is 29.3. The number of nitrogens with zero attached hydrogens (tertiary/aromatic N) is 2. The Morgan fingerprint density at radius 3 is 2.31 bits per heavy atom. The number of H-pyrrole nitrogens is 1. The van der Waals surface area contributed by atoms with Crippen LogP contribution in [0.4, 0.5) is 10.5 Å². The summed E-state index contributed by atoms with van der Waals surface area (Å²) in [5.41, 5.74) is 1.59. The zero-order chi connectivity index (χ0) is 21.0. The maximum absolute atomic E-state index is 12.6. The minimum absolute atomic E-state index is 0.00272. The number of halogens is 2. The minimum Gasteiger partial charge on any atom is -0.395 e. The molecule has 4 N–H and O–H groups in total. The van der Waals surface area contributed by atoms with E-state index in [1.54, 1.807) is 12.1 Å². The second-order valence-electron chi connectivity index (χ2n) is 6.40. The highest BCUT2D eigenvalue weighted by Crippen LogP contribution is 2.26. The number of anilines is 1. The molecule has 0 aliphatic rings. The molecule has 154 valence electrons. The number of carbonyl (C=O) groups excluding carboxylic acids is 1. The molecule has 0 aliphatic carbocycles. The van der Waals surface area contributed by atoms with Crippen LogP contribution in [0.1, 0.15) is 5.56 Å². The largest absolute Gasteiger partial charge is 0.395 e. The summed E-state index contributed by atoms with van der Waals surface area (Å²) in [6, 6.07) is 9.40. The summed E-state index contributed by atoms with van der Waals surface area (Å²) in [6.07, 6.45) is 0. The van der Waals surface area contributed by atoms with Crippen LogP contribution in [0.2, 0.25) is 10.0 Å². The monoisotopic (exact) mass is 438 g/mol. The number of aromatic amines is 1. The number of aliphatic hydroxyl groups excluding tert-OH is 2. The van der Waals surface area contributed by atoms with E-state index in [-0.39, 0.29) is 23.3 Å². The molecule has 0 saturated heterocycles. The highest BCUT2D eigenvalue weighted by Gasteiger charge is 2.16. The van der Waals surface area contributed by atoms with Gasteiger partial charge < -0.3 is 20.5 Å². The van der Waals surface area contributed by atoms with Gasteiger partial charge in [0.1, 0.15) is 0 Å². The number of amides is 1. The molecule has 10 heteroatoms. The first-order chi connectivity index (χ1) is 13.9. The van der Waals surface area contributed by atoms with Gasteiger partial charge in [0.25, 0.3) is 0 Å². The lowest BCUT2D eigenvalue weighted by atomic mass is 10.2. The van der Waals surface area contributed by atoms with Crippen LogP contribution in [0.3, 0.4) is 0 Å². The van der Waals surface area contributed by atoms with Gasteiger partial charge in [-0.05, 0) is 29.8 Å². The lowest BCUT2D eigenvalue weighted by molar-refractivity contribution is 0.156. The Morgan fingerprint density at radius 2 is 1.69 bits per heavy atom. The van der Waals surface area contributed by atoms with Crippen molar-refractivity contribution in [1.29, 1.82) is 0 Å². The van der Waals surface area contributed by atoms with Gasteiger partial charge in [-0.3, -0.25) is 4.90 Å². The first kappa shape index (κ1) is 21.4. The van der Waals surface area contributed by atoms with Crippen molar-refractivity contribution in [3.05, 3.63) is 62.5 Å². The molecule has 0 radical (unpaired) electrons. The first-order valence-corrected chi connectivity index (χ1v) is 9.62. The Morgan fingerprint density at radius 1 is 1.07 bits per heavy atom. The van der Waals surface area contributed by atoms with Gasteiger partial charge in [0.05, 0.1) is 34.3 Å². The Labute approximate surface area is 176 Å². The molecule has 3 rings (SSSR count). The average molecular weight is 439 g/mol. The molecular weight excluding hydrogens is 419 g/mol. The summed E-state index contributed by atoms with van der Waals surface area (Å²) in [5, 5.41) is 21.4. The Hall–Kier alpha value is -2.36. The number of benzene rings is 2. The topological polar surface area (TPSA) is 111 Å². The second kappa shape index (κ2) is 9.43. The van der Waals surface area contributed by atoms with Crippen LogP contribution in [0.5, 0.6) is 0 Å². The molecule has 0 unspecified atom stereocenters. The van der Waals surface area contributed by atoms with E-state index in [1.165, 1.54) is 12.1 Å². The van der Waals surface area contributed by atoms with Crippen molar-refractivity contribution in [3.63, 3.8) is 0 Å². The van der Waals surface area contributed by atoms with Crippen molar-refractivity contribution in [2.24, 2.45) is 0 Å². The quantitative estimate of drug-likeness (QED) is 0.452. The summed E-state index contributed by atoms with van der Waals surface area (Å²) in [7, 11) is 0. The SMILES string of the molecule is O=C(Nc1ccc(CN(CCO)CCO)cc1)n1c(=O)[nH]c2cc(Cl)c(Cl)cc21. The molecule has 2 aromatic carbocycles. The van der Waals surface area contributed by atoms with Gasteiger partial charge in [-0.25, -0.2) is 14.2 Å². The van der Waals surface area contributed by atoms with Crippen molar-refractivity contribution in [2.45, 2.75) is 6.54 Å². The molecule has 0 aliphatic heterocycles. The number of fused-ring (bicyclic) bond motifs is 1. The summed E-state index contributed by atoms with van der Waals surface area (Å²) >= 11 is 12.0. The van der Waals surface area contributed by atoms with Crippen molar-refractivity contribution in [2.75, 3.05) is 31.6 Å². The predicted octanol–water partition coefficient (Wildman–Crippen LogP) is 2.50. The average Bonchev–Trinajstić information content (AvgIpc) is 2.99. The number of imidazole rings is 1. The summed E-state index contributed by atoms with van der Waals surface area (Å²) in [6.45, 7) is 1.46. The Kier molecular flexibility index (Phi) is 6.94. The highest BCUT2D eigenvalue weighted by atomic mass is 35.5. The van der Waals surface area contributed by atoms with Crippen LogP contribution >= 0.6 is 23.2 Å². The van der Waals surface area contributed by atoms with Gasteiger partial charge in [-0.2, -0.15) is 0 Å². The van der Waals surface area contributed by atoms with Gasteiger partial charge in [0.15, 0.2) is 0 Å². The number of aliphatic hydroxyl groups is 2. The fourth-order valence-electron chi connectivity index (χ4n) is 2.99. The number of hydrogen-bond acceptors (Lipinski definition) is 5. The maximum atomic E-state index is 12.6. The van der Waals surface area contributed by atoms with E-state index in [0.717, 1.165) is 10.1 Å². The van der Waals surface area contributed by atoms with Crippen LogP contribution in [-0.2, 0) is 6.54 Å². The third-order valence-electron chi connectivity index (χ3n) is 4.37. The lowest BCUT2D eigenvalue weighted by Crippen LogP contribution is -2.29. The predicted molar refractivity (Wildman–Crippen MR) is 113 cm³/mol. The van der Waals surface area contributed by atoms with E-state index in [9.17, 15) is 9.59 Å². The molecule has 3 aromatic rings. The van der Waals surface area contributed by atoms with E-state index in [1.807, 2.05) is 17.0 Å². The van der Waals surface area contributed by atoms with Crippen LogP contribution in [0.15, 0.2) is 41.2 Å². The number of nitrogens with one attached hydrogen (secondary N) is 2. The minimum atomic E-state index is -0.630. The number of rotatable bonds is 7. The summed E-state index contributed by atoms with van der Waals surface area (Å²) < 4.78 is 0.954. The molecule has 0 atom stereocenters. The normalized spacial score (nSPS) is 11.3. The lowest BCUT2D eigenvalue weighted by Gasteiger charge is -2.20. The zero-order valence-electron chi connectivity index (χ0n) is 15.4. The van der Waals surface area contributed by atoms with E-state index in [2.05, 4.69) is 10.3 Å². The van der Waals surface area contributed by atoms with Gasteiger partial charge >= 0.3 is 11.7 Å². The van der Waals surface area contributed by atoms with E-state index in [4.69, 9.17) is 33.4 Å². The van der Waals surface area contributed by atoms with Crippen LogP contribution in [0.25, 0.3) is 11.0 Å². The van der Waals surface area contributed by atoms with Crippen LogP contribution in [-0.4, -0.2) is 57.0 Å². The molecule has 1 aromatic heterocycles. The fourth-order valence-corrected chi connectivity index (χ4v) is 3.31. The Balaban J connectivity index is 1.76. The molecule has 1 amide bonds. The molecular formula is C19H20Cl2N4O4. The zero-order valence-corrected chi connectivity index (χ0v) is 16.9. The standard InChI is InChI=1S/C19H20Cl2N4O4/c20-14-9-16-17(10-15(14)21)25(19(29)23-16)18(28)22-13-3-1-12(2-4-13)11-24(5-7-26)6-8-27/h1-4,9-10,26-27H,5-8,11H2,(H,22,28)(H,23,29). The van der Waals surface area contributed by atoms with Crippen molar-refractivity contribution < 1.29 is 15.0 Å². The van der Waals surface area contributed by atoms with E-state index < -0.39 is 11.7 Å². The molecule has 8 nitrogen and oxygen atoms in total. The smallest absolute Gasteiger partial charge is 0.334 e. The van der Waals surface area contributed by atoms with Crippen LogP contribution in [0, 0.1) is 0 Å². The third-order valence-corrected chi connectivity index (χ3v) is 5.09. The number of carbonyl (C=O) groups is 1. The number of hydrogen-bond donors (Lipinski definition) is 4. The first-order valence-electron chi connectivity index (χ1n) is 8.87. The van der Waals surface area contributed by atoms with Crippen molar-refractivity contribution in [3.8, 4) is 0 Å². The molecule has 29 heavy (non-hydrogen) atoms. The summed E-state index contributed by atoms with van der Waals surface area (Å²) in [5.74, 6) is 0. The van der Waals surface area contributed by atoms with E-state index >= 15 is 0 Å². The van der Waals surface area contributed by atoms with Crippen LogP contribution < -0.4 is 11.0 Å². The molecule has 0 spiro atoms. The van der Waals surface area contributed by atoms with Crippen molar-refractivity contribution in [1.82, 2.24) is 14.5 Å². The molecule has 1 heterocycles.